The first-order chi connectivity index (χ1) is 19.0. The number of carbonyl (C=O) groups excluding carboxylic acids is 1. The molecule has 3 aromatic carbocycles. The molecule has 0 aromatic heterocycles. The Morgan fingerprint density at radius 1 is 0.725 bits per heavy atom. The standard InChI is InChI=1S/C29H24O11/c30-21-12-23-19(10-14(21)3-1-5-25(32)33)29(18-8-7-16(27(36)37)9-17(18)28(38)40-29)20-11-15(4-2-6-26(34)35)22(31)13-24(20)39-23/h7-13,30-31H,1-6H2,(H,32,33)(H,34,35)(H,36,37). The van der Waals surface area contributed by atoms with Crippen LogP contribution in [-0.2, 0) is 32.8 Å². The molecule has 11 heteroatoms. The first-order valence-corrected chi connectivity index (χ1v) is 12.5. The van der Waals surface area contributed by atoms with Gasteiger partial charge in [0, 0.05) is 41.7 Å². The minimum Gasteiger partial charge on any atom is -0.508 e. The molecular formula is C29H24O11. The van der Waals surface area contributed by atoms with Crippen LogP contribution in [0.25, 0.3) is 0 Å². The van der Waals surface area contributed by atoms with Gasteiger partial charge in [0.2, 0.25) is 0 Å². The summed E-state index contributed by atoms with van der Waals surface area (Å²) in [5, 5.41) is 49.0. The number of carboxylic acid groups (broad SMARTS) is 3. The number of aromatic carboxylic acids is 1. The average molecular weight is 549 g/mol. The van der Waals surface area contributed by atoms with Gasteiger partial charge in [-0.15, -0.1) is 0 Å². The van der Waals surface area contributed by atoms with Crippen molar-refractivity contribution in [2.75, 3.05) is 0 Å². The summed E-state index contributed by atoms with van der Waals surface area (Å²) in [5.41, 5.74) is -0.0348. The predicted molar refractivity (Wildman–Crippen MR) is 136 cm³/mol. The minimum absolute atomic E-state index is 0.0136. The number of hydrogen-bond donors (Lipinski definition) is 5. The molecular weight excluding hydrogens is 524 g/mol. The number of carbonyl (C=O) groups is 4. The van der Waals surface area contributed by atoms with Gasteiger partial charge in [0.25, 0.3) is 0 Å². The number of aliphatic carboxylic acids is 2. The molecule has 0 unspecified atom stereocenters. The van der Waals surface area contributed by atoms with E-state index in [1.807, 2.05) is 0 Å². The van der Waals surface area contributed by atoms with Gasteiger partial charge in [-0.3, -0.25) is 9.59 Å². The lowest BCUT2D eigenvalue weighted by Gasteiger charge is -2.37. The zero-order chi connectivity index (χ0) is 28.8. The molecule has 2 aliphatic heterocycles. The van der Waals surface area contributed by atoms with Gasteiger partial charge in [0.05, 0.1) is 11.1 Å². The van der Waals surface area contributed by atoms with Crippen LogP contribution in [-0.4, -0.2) is 49.4 Å². The molecule has 0 amide bonds. The van der Waals surface area contributed by atoms with Crippen molar-refractivity contribution in [2.45, 2.75) is 44.1 Å². The number of benzene rings is 3. The molecule has 0 saturated heterocycles. The number of phenols is 2. The predicted octanol–water partition coefficient (Wildman–Crippen LogP) is 4.18. The summed E-state index contributed by atoms with van der Waals surface area (Å²) in [6, 6.07) is 9.81. The SMILES string of the molecule is O=C(O)CCCc1cc2c(cc1O)Oc1cc(O)c(CCCC(=O)O)cc1C21OC(=O)c2cc(C(=O)O)ccc21. The molecule has 5 N–H and O–H groups in total. The molecule has 40 heavy (non-hydrogen) atoms. The molecule has 0 fully saturated rings. The Morgan fingerprint density at radius 3 is 1.73 bits per heavy atom. The van der Waals surface area contributed by atoms with Crippen LogP contribution >= 0.6 is 0 Å². The quantitative estimate of drug-likeness (QED) is 0.241. The van der Waals surface area contributed by atoms with E-state index in [0.717, 1.165) is 0 Å². The van der Waals surface area contributed by atoms with Crippen molar-refractivity contribution in [3.63, 3.8) is 0 Å². The largest absolute Gasteiger partial charge is 0.508 e. The number of ether oxygens (including phenoxy) is 2. The molecule has 11 nitrogen and oxygen atoms in total. The summed E-state index contributed by atoms with van der Waals surface area (Å²) in [5.74, 6) is -4.10. The van der Waals surface area contributed by atoms with Crippen molar-refractivity contribution in [2.24, 2.45) is 0 Å². The summed E-state index contributed by atoms with van der Waals surface area (Å²) in [7, 11) is 0. The number of hydrogen-bond acceptors (Lipinski definition) is 8. The van der Waals surface area contributed by atoms with Gasteiger partial charge in [-0.05, 0) is 61.1 Å². The van der Waals surface area contributed by atoms with E-state index in [4.69, 9.17) is 19.7 Å². The Morgan fingerprint density at radius 2 is 1.25 bits per heavy atom. The van der Waals surface area contributed by atoms with Crippen molar-refractivity contribution < 1.29 is 54.2 Å². The second-order valence-corrected chi connectivity index (χ2v) is 9.69. The number of aryl methyl sites for hydroxylation is 2. The lowest BCUT2D eigenvalue weighted by atomic mass is 9.76. The molecule has 2 heterocycles. The maximum absolute atomic E-state index is 13.2. The van der Waals surface area contributed by atoms with Crippen molar-refractivity contribution in [1.82, 2.24) is 0 Å². The smallest absolute Gasteiger partial charge is 0.340 e. The summed E-state index contributed by atoms with van der Waals surface area (Å²) >= 11 is 0. The maximum atomic E-state index is 13.2. The van der Waals surface area contributed by atoms with Gasteiger partial charge in [0.1, 0.15) is 23.0 Å². The van der Waals surface area contributed by atoms with Gasteiger partial charge in [0.15, 0.2) is 5.60 Å². The van der Waals surface area contributed by atoms with Crippen LogP contribution in [0.1, 0.15) is 74.2 Å². The summed E-state index contributed by atoms with van der Waals surface area (Å²) in [6.45, 7) is 0. The van der Waals surface area contributed by atoms with Crippen LogP contribution in [0.4, 0.5) is 0 Å². The second kappa shape index (κ2) is 9.92. The van der Waals surface area contributed by atoms with Gasteiger partial charge in [-0.2, -0.15) is 0 Å². The molecule has 2 aliphatic rings. The third kappa shape index (κ3) is 4.45. The van der Waals surface area contributed by atoms with Gasteiger partial charge in [-0.1, -0.05) is 6.07 Å². The Balaban J connectivity index is 1.72. The summed E-state index contributed by atoms with van der Waals surface area (Å²) < 4.78 is 12.1. The van der Waals surface area contributed by atoms with E-state index < -0.39 is 29.5 Å². The van der Waals surface area contributed by atoms with E-state index in [0.29, 0.717) is 27.8 Å². The van der Waals surface area contributed by atoms with Crippen LogP contribution in [0, 0.1) is 0 Å². The Labute approximate surface area is 226 Å². The molecule has 0 saturated carbocycles. The summed E-state index contributed by atoms with van der Waals surface area (Å²) in [6.07, 6.45) is 0.593. The summed E-state index contributed by atoms with van der Waals surface area (Å²) in [4.78, 5) is 46.9. The van der Waals surface area contributed by atoms with Crippen LogP contribution in [0.2, 0.25) is 0 Å². The number of rotatable bonds is 9. The Hall–Kier alpha value is -5.06. The number of carboxylic acids is 3. The number of phenolic OH excluding ortho intramolecular Hbond substituents is 2. The Kier molecular flexibility index (Phi) is 6.58. The lowest BCUT2D eigenvalue weighted by molar-refractivity contribution is -0.138. The van der Waals surface area contributed by atoms with E-state index in [1.54, 1.807) is 12.1 Å². The van der Waals surface area contributed by atoms with Gasteiger partial charge in [-0.25, -0.2) is 9.59 Å². The fraction of sp³-hybridized carbons (Fsp3) is 0.241. The minimum atomic E-state index is -1.66. The van der Waals surface area contributed by atoms with Gasteiger partial charge < -0.3 is 35.0 Å². The lowest BCUT2D eigenvalue weighted by Crippen LogP contribution is -2.33. The molecule has 0 bridgehead atoms. The molecule has 0 radical (unpaired) electrons. The topological polar surface area (TPSA) is 188 Å². The number of fused-ring (bicyclic) bond motifs is 6. The molecule has 1 spiro atoms. The van der Waals surface area contributed by atoms with E-state index >= 15 is 0 Å². The highest BCUT2D eigenvalue weighted by Crippen LogP contribution is 2.58. The fourth-order valence-corrected chi connectivity index (χ4v) is 5.27. The van der Waals surface area contributed by atoms with Crippen LogP contribution < -0.4 is 4.74 Å². The van der Waals surface area contributed by atoms with Gasteiger partial charge >= 0.3 is 23.9 Å². The van der Waals surface area contributed by atoms with Crippen molar-refractivity contribution in [3.8, 4) is 23.0 Å². The highest BCUT2D eigenvalue weighted by atomic mass is 16.6. The van der Waals surface area contributed by atoms with Crippen molar-refractivity contribution >= 4 is 23.9 Å². The fourth-order valence-electron chi connectivity index (χ4n) is 5.27. The third-order valence-electron chi connectivity index (χ3n) is 7.13. The third-order valence-corrected chi connectivity index (χ3v) is 7.13. The van der Waals surface area contributed by atoms with Crippen LogP contribution in [0.5, 0.6) is 23.0 Å². The zero-order valence-electron chi connectivity index (χ0n) is 21.0. The highest BCUT2D eigenvalue weighted by molar-refractivity contribution is 6.00. The molecule has 206 valence electrons. The molecule has 3 aromatic rings. The van der Waals surface area contributed by atoms with Crippen molar-refractivity contribution in [1.29, 1.82) is 0 Å². The van der Waals surface area contributed by atoms with Crippen LogP contribution in [0.15, 0.2) is 42.5 Å². The average Bonchev–Trinajstić information content (AvgIpc) is 3.17. The zero-order valence-corrected chi connectivity index (χ0v) is 21.0. The second-order valence-electron chi connectivity index (χ2n) is 9.69. The number of esters is 1. The normalized spacial score (nSPS) is 14.1. The molecule has 0 aliphatic carbocycles. The van der Waals surface area contributed by atoms with E-state index in [2.05, 4.69) is 0 Å². The molecule has 5 rings (SSSR count). The number of aromatic hydroxyl groups is 2. The maximum Gasteiger partial charge on any atom is 0.340 e. The van der Waals surface area contributed by atoms with Crippen LogP contribution in [0.3, 0.4) is 0 Å². The van der Waals surface area contributed by atoms with E-state index in [9.17, 15) is 34.5 Å². The first-order valence-electron chi connectivity index (χ1n) is 12.5. The van der Waals surface area contributed by atoms with Crippen molar-refractivity contribution in [3.05, 3.63) is 81.4 Å². The van der Waals surface area contributed by atoms with E-state index in [1.165, 1.54) is 30.3 Å². The van der Waals surface area contributed by atoms with E-state index in [-0.39, 0.29) is 72.6 Å². The highest BCUT2D eigenvalue weighted by Gasteiger charge is 2.54. The molecule has 0 atom stereocenters. The Bertz CT molecular complexity index is 1510. The first kappa shape index (κ1) is 26.5. The monoisotopic (exact) mass is 548 g/mol.